The van der Waals surface area contributed by atoms with Crippen molar-refractivity contribution in [1.82, 2.24) is 19.9 Å². The highest BCUT2D eigenvalue weighted by molar-refractivity contribution is 7.79. The lowest BCUT2D eigenvalue weighted by Gasteiger charge is -2.08. The van der Waals surface area contributed by atoms with Gasteiger partial charge in [0, 0.05) is 34.1 Å². The van der Waals surface area contributed by atoms with Gasteiger partial charge in [0.2, 0.25) is 0 Å². The molecule has 0 fully saturated rings. The van der Waals surface area contributed by atoms with E-state index >= 15 is 0 Å². The van der Waals surface area contributed by atoms with Gasteiger partial charge >= 0.3 is 0 Å². The molecular weight excluding hydrogens is 400 g/mol. The van der Waals surface area contributed by atoms with Gasteiger partial charge in [-0.3, -0.25) is 0 Å². The minimum Gasteiger partial charge on any atom is -0.232 e. The van der Waals surface area contributed by atoms with Crippen molar-refractivity contribution >= 4 is 50.5 Å². The van der Waals surface area contributed by atoms with Crippen molar-refractivity contribution in [3.63, 3.8) is 0 Å². The number of benzene rings is 1. The predicted octanol–water partition coefficient (Wildman–Crippen LogP) is 4.32. The van der Waals surface area contributed by atoms with Crippen LogP contribution in [0.5, 0.6) is 0 Å². The molecule has 3 rings (SSSR count). The molecule has 0 aliphatic rings. The summed E-state index contributed by atoms with van der Waals surface area (Å²) in [6.45, 7) is 0. The van der Waals surface area contributed by atoms with Crippen molar-refractivity contribution in [2.24, 2.45) is 0 Å². The lowest BCUT2D eigenvalue weighted by Crippen LogP contribution is -1.99. The highest BCUT2D eigenvalue weighted by Crippen LogP contribution is 2.23. The Bertz CT molecular complexity index is 781. The van der Waals surface area contributed by atoms with Crippen molar-refractivity contribution in [3.05, 3.63) is 59.2 Å². The van der Waals surface area contributed by atoms with Crippen LogP contribution in [0.15, 0.2) is 36.4 Å². The number of rotatable bonds is 6. The molecule has 0 saturated heterocycles. The lowest BCUT2D eigenvalue weighted by atomic mass is 10.1. The number of nitrogens with zero attached hydrogens (tertiary/aromatic N) is 4. The predicted molar refractivity (Wildman–Crippen MR) is 119 cm³/mol. The normalized spacial score (nSPS) is 10.9. The zero-order valence-electron chi connectivity index (χ0n) is 13.9. The second-order valence-electron chi connectivity index (χ2n) is 5.56. The van der Waals surface area contributed by atoms with Crippen LogP contribution in [0, 0.1) is 0 Å². The van der Waals surface area contributed by atoms with E-state index < -0.39 is 0 Å². The molecule has 0 spiro atoms. The second-order valence-corrected chi connectivity index (χ2v) is 6.82. The molecule has 3 aromatic rings. The van der Waals surface area contributed by atoms with E-state index in [0.29, 0.717) is 34.7 Å². The van der Waals surface area contributed by atoms with Crippen LogP contribution < -0.4 is 0 Å². The minimum atomic E-state index is 0.561. The molecule has 8 heteroatoms. The number of aromatic nitrogens is 4. The quantitative estimate of drug-likeness (QED) is 0.450. The minimum absolute atomic E-state index is 0.561. The van der Waals surface area contributed by atoms with Crippen LogP contribution in [0.3, 0.4) is 0 Å². The molecule has 0 saturated carbocycles. The van der Waals surface area contributed by atoms with Crippen molar-refractivity contribution in [2.75, 3.05) is 0 Å². The average molecular weight is 419 g/mol. The average Bonchev–Trinajstić information content (AvgIpc) is 2.72. The smallest absolute Gasteiger partial charge is 0.159 e. The Morgan fingerprint density at radius 3 is 1.00 bits per heavy atom. The fourth-order valence-corrected chi connectivity index (χ4v) is 3.11. The Balaban J connectivity index is 1.97. The van der Waals surface area contributed by atoms with Gasteiger partial charge in [-0.15, -0.1) is 0 Å². The molecule has 0 bridgehead atoms. The SMILES string of the molecule is SCc1cc(CS)nc(-c2ccc(-c3nc(CS)cc(CS)n3)cc2)n1. The molecule has 26 heavy (non-hydrogen) atoms. The van der Waals surface area contributed by atoms with Crippen LogP contribution in [0.25, 0.3) is 22.8 Å². The summed E-state index contributed by atoms with van der Waals surface area (Å²) in [5, 5.41) is 0. The van der Waals surface area contributed by atoms with Crippen LogP contribution in [0.4, 0.5) is 0 Å². The largest absolute Gasteiger partial charge is 0.232 e. The van der Waals surface area contributed by atoms with Gasteiger partial charge in [0.05, 0.1) is 22.8 Å². The first-order valence-electron chi connectivity index (χ1n) is 7.94. The topological polar surface area (TPSA) is 51.6 Å². The van der Waals surface area contributed by atoms with Crippen molar-refractivity contribution in [2.45, 2.75) is 23.0 Å². The molecule has 0 N–H and O–H groups in total. The summed E-state index contributed by atoms with van der Waals surface area (Å²) in [7, 11) is 0. The maximum Gasteiger partial charge on any atom is 0.159 e. The summed E-state index contributed by atoms with van der Waals surface area (Å²) < 4.78 is 0. The Labute approximate surface area is 175 Å². The first-order chi connectivity index (χ1) is 12.7. The lowest BCUT2D eigenvalue weighted by molar-refractivity contribution is 1.04. The third-order valence-corrected chi connectivity index (χ3v) is 5.01. The Kier molecular flexibility index (Phi) is 6.86. The van der Waals surface area contributed by atoms with E-state index in [-0.39, 0.29) is 0 Å². The highest BCUT2D eigenvalue weighted by atomic mass is 32.1. The Hall–Kier alpha value is -1.22. The van der Waals surface area contributed by atoms with Crippen LogP contribution in [0.1, 0.15) is 22.8 Å². The molecule has 0 aliphatic carbocycles. The Morgan fingerprint density at radius 1 is 0.500 bits per heavy atom. The van der Waals surface area contributed by atoms with Gasteiger partial charge in [-0.2, -0.15) is 50.5 Å². The molecule has 0 amide bonds. The van der Waals surface area contributed by atoms with Gasteiger partial charge in [0.1, 0.15) is 0 Å². The van der Waals surface area contributed by atoms with Gasteiger partial charge in [-0.25, -0.2) is 19.9 Å². The third kappa shape index (κ3) is 4.54. The first kappa shape index (κ1) is 19.5. The van der Waals surface area contributed by atoms with E-state index in [2.05, 4.69) is 70.5 Å². The van der Waals surface area contributed by atoms with Gasteiger partial charge < -0.3 is 0 Å². The molecule has 2 heterocycles. The van der Waals surface area contributed by atoms with Gasteiger partial charge in [-0.1, -0.05) is 24.3 Å². The monoisotopic (exact) mass is 418 g/mol. The van der Waals surface area contributed by atoms with E-state index in [4.69, 9.17) is 0 Å². The number of thiol groups is 4. The number of hydrogen-bond acceptors (Lipinski definition) is 8. The van der Waals surface area contributed by atoms with E-state index in [1.54, 1.807) is 0 Å². The molecule has 134 valence electrons. The van der Waals surface area contributed by atoms with Crippen molar-refractivity contribution in [1.29, 1.82) is 0 Å². The molecule has 0 unspecified atom stereocenters. The highest BCUT2D eigenvalue weighted by Gasteiger charge is 2.09. The molecule has 1 aromatic carbocycles. The van der Waals surface area contributed by atoms with Crippen LogP contribution in [0.2, 0.25) is 0 Å². The summed E-state index contributed by atoms with van der Waals surface area (Å²) in [5.74, 6) is 3.59. The fourth-order valence-electron chi connectivity index (χ4n) is 2.46. The molecule has 0 radical (unpaired) electrons. The van der Waals surface area contributed by atoms with E-state index in [9.17, 15) is 0 Å². The summed E-state index contributed by atoms with van der Waals surface area (Å²) >= 11 is 17.3. The standard InChI is InChI=1S/C18H18N4S4/c23-7-13-5-14(8-24)20-17(19-13)11-1-2-12(4-3-11)18-21-15(9-25)6-16(10-26)22-18/h1-6,23-26H,7-10H2. The van der Waals surface area contributed by atoms with Crippen molar-refractivity contribution in [3.8, 4) is 22.8 Å². The Morgan fingerprint density at radius 2 is 0.769 bits per heavy atom. The maximum atomic E-state index is 4.55. The summed E-state index contributed by atoms with van der Waals surface area (Å²) in [4.78, 5) is 18.2. The summed E-state index contributed by atoms with van der Waals surface area (Å²) in [6.07, 6.45) is 0. The molecule has 0 atom stereocenters. The summed E-state index contributed by atoms with van der Waals surface area (Å²) in [5.41, 5.74) is 5.40. The molecule has 2 aromatic heterocycles. The van der Waals surface area contributed by atoms with Crippen LogP contribution in [-0.4, -0.2) is 19.9 Å². The zero-order valence-corrected chi connectivity index (χ0v) is 17.4. The fraction of sp³-hybridized carbons (Fsp3) is 0.222. The second kappa shape index (κ2) is 9.12. The zero-order chi connectivity index (χ0) is 18.5. The number of hydrogen-bond donors (Lipinski definition) is 4. The van der Waals surface area contributed by atoms with E-state index in [0.717, 1.165) is 33.9 Å². The van der Waals surface area contributed by atoms with E-state index in [1.807, 2.05) is 36.4 Å². The third-order valence-electron chi connectivity index (χ3n) is 3.71. The van der Waals surface area contributed by atoms with E-state index in [1.165, 1.54) is 0 Å². The van der Waals surface area contributed by atoms with Gasteiger partial charge in [-0.05, 0) is 12.1 Å². The van der Waals surface area contributed by atoms with Crippen LogP contribution in [-0.2, 0) is 23.0 Å². The van der Waals surface area contributed by atoms with Gasteiger partial charge in [0.25, 0.3) is 0 Å². The van der Waals surface area contributed by atoms with Crippen LogP contribution >= 0.6 is 50.5 Å². The summed E-state index contributed by atoms with van der Waals surface area (Å²) in [6, 6.07) is 11.8. The van der Waals surface area contributed by atoms with Gasteiger partial charge in [0.15, 0.2) is 11.6 Å². The molecule has 0 aliphatic heterocycles. The van der Waals surface area contributed by atoms with Crippen molar-refractivity contribution < 1.29 is 0 Å². The molecule has 4 nitrogen and oxygen atoms in total. The maximum absolute atomic E-state index is 4.55. The first-order valence-corrected chi connectivity index (χ1v) is 10.5. The molecular formula is C18H18N4S4.